The molecule has 4 rings (SSSR count). The predicted molar refractivity (Wildman–Crippen MR) is 117 cm³/mol. The summed E-state index contributed by atoms with van der Waals surface area (Å²) in [5.74, 6) is -0.389. The Morgan fingerprint density at radius 1 is 0.935 bits per heavy atom. The van der Waals surface area contributed by atoms with Gasteiger partial charge in [0.25, 0.3) is 0 Å². The van der Waals surface area contributed by atoms with Gasteiger partial charge in [-0.25, -0.2) is 14.8 Å². The van der Waals surface area contributed by atoms with Gasteiger partial charge >= 0.3 is 11.7 Å². The van der Waals surface area contributed by atoms with Gasteiger partial charge in [0.15, 0.2) is 0 Å². The first-order valence-corrected chi connectivity index (χ1v) is 9.26. The Balaban J connectivity index is 1.68. The van der Waals surface area contributed by atoms with Crippen molar-refractivity contribution < 1.29 is 14.5 Å². The number of esters is 1. The average molecular weight is 415 g/mol. The first-order valence-electron chi connectivity index (χ1n) is 9.26. The Kier molecular flexibility index (Phi) is 5.39. The summed E-state index contributed by atoms with van der Waals surface area (Å²) in [5, 5.41) is 19.7. The molecule has 3 aromatic carbocycles. The van der Waals surface area contributed by atoms with Crippen molar-refractivity contribution in [3.8, 4) is 0 Å². The van der Waals surface area contributed by atoms with Crippen LogP contribution in [0.1, 0.15) is 10.4 Å². The standard InChI is InChI=1S/C22H17N5O4/c1-31-22(28)15-9-11-16(12-10-15)25-20-19(27(29)30)21(24-13-23-20)26-18-8-4-6-14-5-2-3-7-17(14)18/h2-13H,1H3,(H2,23,24,25,26). The number of hydrogen-bond donors (Lipinski definition) is 2. The van der Waals surface area contributed by atoms with E-state index in [1.54, 1.807) is 24.3 Å². The highest BCUT2D eigenvalue weighted by molar-refractivity contribution is 5.96. The molecule has 0 amide bonds. The fourth-order valence-corrected chi connectivity index (χ4v) is 3.14. The third-order valence-corrected chi connectivity index (χ3v) is 4.62. The molecule has 0 radical (unpaired) electrons. The van der Waals surface area contributed by atoms with E-state index in [0.717, 1.165) is 10.8 Å². The van der Waals surface area contributed by atoms with Gasteiger partial charge < -0.3 is 15.4 Å². The number of benzene rings is 3. The van der Waals surface area contributed by atoms with Crippen LogP contribution < -0.4 is 10.6 Å². The number of aromatic nitrogens is 2. The maximum absolute atomic E-state index is 11.9. The molecule has 0 fully saturated rings. The van der Waals surface area contributed by atoms with Crippen molar-refractivity contribution in [2.24, 2.45) is 0 Å². The van der Waals surface area contributed by atoms with E-state index in [0.29, 0.717) is 16.9 Å². The zero-order valence-electron chi connectivity index (χ0n) is 16.4. The summed E-state index contributed by atoms with van der Waals surface area (Å²) in [7, 11) is 1.29. The van der Waals surface area contributed by atoms with E-state index in [-0.39, 0.29) is 17.3 Å². The number of hydrogen-bond acceptors (Lipinski definition) is 8. The number of ether oxygens (including phenoxy) is 1. The number of nitrogens with one attached hydrogen (secondary N) is 2. The Bertz CT molecular complexity index is 1270. The van der Waals surface area contributed by atoms with Crippen molar-refractivity contribution in [3.63, 3.8) is 0 Å². The minimum Gasteiger partial charge on any atom is -0.465 e. The summed E-state index contributed by atoms with van der Waals surface area (Å²) in [6.45, 7) is 0. The highest BCUT2D eigenvalue weighted by Crippen LogP contribution is 2.34. The van der Waals surface area contributed by atoms with Crippen molar-refractivity contribution >= 4 is 45.4 Å². The summed E-state index contributed by atoms with van der Waals surface area (Å²) in [4.78, 5) is 31.0. The van der Waals surface area contributed by atoms with Gasteiger partial charge in [0.1, 0.15) is 6.33 Å². The Morgan fingerprint density at radius 2 is 1.61 bits per heavy atom. The molecule has 0 saturated carbocycles. The smallest absolute Gasteiger partial charge is 0.353 e. The van der Waals surface area contributed by atoms with Crippen LogP contribution in [0.2, 0.25) is 0 Å². The van der Waals surface area contributed by atoms with Gasteiger partial charge in [-0.2, -0.15) is 0 Å². The summed E-state index contributed by atoms with van der Waals surface area (Å²) < 4.78 is 4.67. The van der Waals surface area contributed by atoms with Crippen LogP contribution in [0.4, 0.5) is 28.7 Å². The Morgan fingerprint density at radius 3 is 2.32 bits per heavy atom. The number of methoxy groups -OCH3 is 1. The maximum atomic E-state index is 11.9. The number of carbonyl (C=O) groups excluding carboxylic acids is 1. The summed E-state index contributed by atoms with van der Waals surface area (Å²) in [6, 6.07) is 19.7. The SMILES string of the molecule is COC(=O)c1ccc(Nc2ncnc(Nc3cccc4ccccc34)c2[N+](=O)[O-])cc1. The number of rotatable bonds is 6. The molecule has 1 aromatic heterocycles. The highest BCUT2D eigenvalue weighted by Gasteiger charge is 2.24. The second-order valence-corrected chi connectivity index (χ2v) is 6.52. The molecular formula is C22H17N5O4. The molecule has 4 aromatic rings. The lowest BCUT2D eigenvalue weighted by Crippen LogP contribution is -2.06. The van der Waals surface area contributed by atoms with Crippen LogP contribution in [0, 0.1) is 10.1 Å². The quantitative estimate of drug-likeness (QED) is 0.261. The molecule has 0 spiro atoms. The first-order chi connectivity index (χ1) is 15.1. The molecular weight excluding hydrogens is 398 g/mol. The van der Waals surface area contributed by atoms with Gasteiger partial charge in [-0.1, -0.05) is 36.4 Å². The van der Waals surface area contributed by atoms with Gasteiger partial charge in [-0.05, 0) is 35.7 Å². The molecule has 9 heteroatoms. The minimum absolute atomic E-state index is 0.0218. The Labute approximate surface area is 176 Å². The van der Waals surface area contributed by atoms with Crippen molar-refractivity contribution in [3.05, 3.63) is 88.7 Å². The lowest BCUT2D eigenvalue weighted by Gasteiger charge is -2.12. The lowest BCUT2D eigenvalue weighted by atomic mass is 10.1. The third kappa shape index (κ3) is 4.10. The molecule has 9 nitrogen and oxygen atoms in total. The third-order valence-electron chi connectivity index (χ3n) is 4.62. The molecule has 0 saturated heterocycles. The van der Waals surface area contributed by atoms with Gasteiger partial charge in [-0.15, -0.1) is 0 Å². The lowest BCUT2D eigenvalue weighted by molar-refractivity contribution is -0.383. The van der Waals surface area contributed by atoms with Crippen LogP contribution in [0.15, 0.2) is 73.1 Å². The van der Waals surface area contributed by atoms with Gasteiger partial charge in [0.2, 0.25) is 11.6 Å². The monoisotopic (exact) mass is 415 g/mol. The average Bonchev–Trinajstić information content (AvgIpc) is 2.79. The van der Waals surface area contributed by atoms with Crippen molar-refractivity contribution in [2.75, 3.05) is 17.7 Å². The van der Waals surface area contributed by atoms with E-state index >= 15 is 0 Å². The summed E-state index contributed by atoms with van der Waals surface area (Å²) >= 11 is 0. The highest BCUT2D eigenvalue weighted by atomic mass is 16.6. The normalized spacial score (nSPS) is 10.5. The molecule has 31 heavy (non-hydrogen) atoms. The van der Waals surface area contributed by atoms with Crippen LogP contribution in [-0.4, -0.2) is 28.0 Å². The van der Waals surface area contributed by atoms with E-state index in [2.05, 4.69) is 25.3 Å². The van der Waals surface area contributed by atoms with Crippen molar-refractivity contribution in [1.29, 1.82) is 0 Å². The number of carbonyl (C=O) groups is 1. The van der Waals surface area contributed by atoms with Crippen molar-refractivity contribution in [1.82, 2.24) is 9.97 Å². The molecule has 0 atom stereocenters. The molecule has 0 aliphatic carbocycles. The van der Waals surface area contributed by atoms with Crippen LogP contribution in [0.5, 0.6) is 0 Å². The molecule has 0 unspecified atom stereocenters. The fourth-order valence-electron chi connectivity index (χ4n) is 3.14. The molecule has 154 valence electrons. The second-order valence-electron chi connectivity index (χ2n) is 6.52. The van der Waals surface area contributed by atoms with Crippen LogP contribution in [0.3, 0.4) is 0 Å². The van der Waals surface area contributed by atoms with Crippen LogP contribution in [0.25, 0.3) is 10.8 Å². The molecule has 2 N–H and O–H groups in total. The van der Waals surface area contributed by atoms with Gasteiger partial charge in [0, 0.05) is 16.8 Å². The second kappa shape index (κ2) is 8.46. The Hall–Kier alpha value is -4.53. The van der Waals surface area contributed by atoms with E-state index in [9.17, 15) is 14.9 Å². The van der Waals surface area contributed by atoms with E-state index in [1.807, 2.05) is 42.5 Å². The number of fused-ring (bicyclic) bond motifs is 1. The fraction of sp³-hybridized carbons (Fsp3) is 0.0455. The van der Waals surface area contributed by atoms with Gasteiger partial charge in [-0.3, -0.25) is 10.1 Å². The molecule has 0 aliphatic rings. The predicted octanol–water partition coefficient (Wildman–Crippen LogP) is 4.81. The van der Waals surface area contributed by atoms with Crippen molar-refractivity contribution in [2.45, 2.75) is 0 Å². The number of nitro groups is 1. The van der Waals surface area contributed by atoms with E-state index < -0.39 is 10.9 Å². The van der Waals surface area contributed by atoms with Gasteiger partial charge in [0.05, 0.1) is 17.6 Å². The first kappa shape index (κ1) is 19.8. The molecule has 0 aliphatic heterocycles. The number of nitrogens with zero attached hydrogens (tertiary/aromatic N) is 3. The maximum Gasteiger partial charge on any atom is 0.353 e. The van der Waals surface area contributed by atoms with E-state index in [4.69, 9.17) is 0 Å². The minimum atomic E-state index is -0.543. The summed E-state index contributed by atoms with van der Waals surface area (Å²) in [6.07, 6.45) is 1.24. The van der Waals surface area contributed by atoms with Crippen LogP contribution in [-0.2, 0) is 4.74 Å². The summed E-state index contributed by atoms with van der Waals surface area (Å²) in [5.41, 5.74) is 1.27. The van der Waals surface area contributed by atoms with Crippen LogP contribution >= 0.6 is 0 Å². The largest absolute Gasteiger partial charge is 0.465 e. The number of anilines is 4. The molecule has 1 heterocycles. The topological polar surface area (TPSA) is 119 Å². The molecule has 0 bridgehead atoms. The zero-order valence-corrected chi connectivity index (χ0v) is 16.4. The van der Waals surface area contributed by atoms with E-state index in [1.165, 1.54) is 13.4 Å². The zero-order chi connectivity index (χ0) is 21.8.